The Morgan fingerprint density at radius 3 is 2.44 bits per heavy atom. The average Bonchev–Trinajstić information content (AvgIpc) is 2.78. The van der Waals surface area contributed by atoms with Crippen molar-refractivity contribution in [3.05, 3.63) is 16.6 Å². The van der Waals surface area contributed by atoms with Crippen LogP contribution in [0.25, 0.3) is 0 Å². The molecule has 0 aliphatic carbocycles. The zero-order valence-corrected chi connectivity index (χ0v) is 12.1. The van der Waals surface area contributed by atoms with E-state index in [1.807, 2.05) is 0 Å². The van der Waals surface area contributed by atoms with Gasteiger partial charge in [-0.1, -0.05) is 0 Å². The standard InChI is InChI=1S/C12H18N2O3S/c1-11(2,3)17-10(16)14(5)12(4,7-15)9-6-13-8-18-9/h6-8H,1-5H3. The SMILES string of the molecule is CN(C(=O)OC(C)(C)C)C(C)(C=O)c1cncs1. The summed E-state index contributed by atoms with van der Waals surface area (Å²) >= 11 is 1.33. The van der Waals surface area contributed by atoms with Crippen LogP contribution in [-0.4, -0.2) is 34.9 Å². The van der Waals surface area contributed by atoms with E-state index in [-0.39, 0.29) is 0 Å². The molecule has 0 radical (unpaired) electrons. The highest BCUT2D eigenvalue weighted by Gasteiger charge is 2.37. The van der Waals surface area contributed by atoms with Crippen molar-refractivity contribution in [3.8, 4) is 0 Å². The molecule has 0 aromatic carbocycles. The summed E-state index contributed by atoms with van der Waals surface area (Å²) in [6, 6.07) is 0. The first-order chi connectivity index (χ1) is 8.20. The molecule has 100 valence electrons. The van der Waals surface area contributed by atoms with Gasteiger partial charge in [0.05, 0.1) is 10.4 Å². The third kappa shape index (κ3) is 3.07. The molecule has 18 heavy (non-hydrogen) atoms. The van der Waals surface area contributed by atoms with E-state index in [1.54, 1.807) is 46.5 Å². The molecular weight excluding hydrogens is 252 g/mol. The number of carbonyl (C=O) groups is 2. The lowest BCUT2D eigenvalue weighted by Crippen LogP contribution is -2.47. The number of amides is 1. The Morgan fingerprint density at radius 2 is 2.06 bits per heavy atom. The van der Waals surface area contributed by atoms with Crippen molar-refractivity contribution < 1.29 is 14.3 Å². The molecule has 1 aromatic heterocycles. The van der Waals surface area contributed by atoms with Crippen molar-refractivity contribution in [3.63, 3.8) is 0 Å². The highest BCUT2D eigenvalue weighted by atomic mass is 32.1. The molecule has 1 unspecified atom stereocenters. The second-order valence-corrected chi connectivity index (χ2v) is 6.06. The molecule has 1 atom stereocenters. The first kappa shape index (κ1) is 14.6. The molecule has 0 saturated carbocycles. The van der Waals surface area contributed by atoms with Crippen LogP contribution in [0.4, 0.5) is 4.79 Å². The van der Waals surface area contributed by atoms with E-state index < -0.39 is 17.2 Å². The van der Waals surface area contributed by atoms with Gasteiger partial charge in [0.1, 0.15) is 11.1 Å². The number of thiazole rings is 1. The minimum Gasteiger partial charge on any atom is -0.444 e. The molecule has 1 heterocycles. The van der Waals surface area contributed by atoms with Gasteiger partial charge in [-0.3, -0.25) is 9.88 Å². The molecule has 1 rings (SSSR count). The fourth-order valence-corrected chi connectivity index (χ4v) is 2.07. The van der Waals surface area contributed by atoms with E-state index >= 15 is 0 Å². The quantitative estimate of drug-likeness (QED) is 0.791. The van der Waals surface area contributed by atoms with Crippen LogP contribution >= 0.6 is 11.3 Å². The topological polar surface area (TPSA) is 59.5 Å². The normalized spacial score (nSPS) is 14.7. The number of carbonyl (C=O) groups excluding carboxylic acids is 2. The van der Waals surface area contributed by atoms with Crippen molar-refractivity contribution in [2.45, 2.75) is 38.8 Å². The first-order valence-corrected chi connectivity index (χ1v) is 6.41. The summed E-state index contributed by atoms with van der Waals surface area (Å²) in [4.78, 5) is 29.3. The van der Waals surface area contributed by atoms with Gasteiger partial charge in [-0.15, -0.1) is 11.3 Å². The van der Waals surface area contributed by atoms with Crippen molar-refractivity contribution in [2.24, 2.45) is 0 Å². The number of hydrogen-bond acceptors (Lipinski definition) is 5. The molecule has 5 nitrogen and oxygen atoms in total. The van der Waals surface area contributed by atoms with Crippen LogP contribution in [0, 0.1) is 0 Å². The minimum atomic E-state index is -1.05. The zero-order chi connectivity index (χ0) is 14.0. The maximum absolute atomic E-state index is 12.0. The molecule has 0 fully saturated rings. The van der Waals surface area contributed by atoms with E-state index in [9.17, 15) is 9.59 Å². The maximum atomic E-state index is 12.0. The van der Waals surface area contributed by atoms with Gasteiger partial charge in [0.2, 0.25) is 0 Å². The van der Waals surface area contributed by atoms with Gasteiger partial charge in [0, 0.05) is 13.2 Å². The Labute approximate surface area is 111 Å². The highest BCUT2D eigenvalue weighted by Crippen LogP contribution is 2.29. The molecular formula is C12H18N2O3S. The van der Waals surface area contributed by atoms with Crippen molar-refractivity contribution in [1.29, 1.82) is 0 Å². The van der Waals surface area contributed by atoms with Gasteiger partial charge in [0.15, 0.2) is 6.29 Å². The largest absolute Gasteiger partial charge is 0.444 e. The lowest BCUT2D eigenvalue weighted by molar-refractivity contribution is -0.117. The Balaban J connectivity index is 2.96. The molecule has 0 bridgehead atoms. The first-order valence-electron chi connectivity index (χ1n) is 5.53. The number of aldehydes is 1. The van der Waals surface area contributed by atoms with Crippen LogP contribution in [0.3, 0.4) is 0 Å². The zero-order valence-electron chi connectivity index (χ0n) is 11.3. The Hall–Kier alpha value is -1.43. The van der Waals surface area contributed by atoms with Crippen molar-refractivity contribution in [1.82, 2.24) is 9.88 Å². The van der Waals surface area contributed by atoms with Gasteiger partial charge in [-0.2, -0.15) is 0 Å². The van der Waals surface area contributed by atoms with Crippen LogP contribution < -0.4 is 0 Å². The lowest BCUT2D eigenvalue weighted by atomic mass is 10.0. The van der Waals surface area contributed by atoms with Gasteiger partial charge < -0.3 is 9.53 Å². The summed E-state index contributed by atoms with van der Waals surface area (Å²) in [5.74, 6) is 0. The number of aromatic nitrogens is 1. The summed E-state index contributed by atoms with van der Waals surface area (Å²) < 4.78 is 5.26. The molecule has 0 aliphatic rings. The Morgan fingerprint density at radius 1 is 1.44 bits per heavy atom. The minimum absolute atomic E-state index is 0.537. The summed E-state index contributed by atoms with van der Waals surface area (Å²) in [6.45, 7) is 7.01. The number of likely N-dealkylation sites (N-methyl/N-ethyl adjacent to an activating group) is 1. The smallest absolute Gasteiger partial charge is 0.411 e. The summed E-state index contributed by atoms with van der Waals surface area (Å²) in [5, 5.41) is 0. The highest BCUT2D eigenvalue weighted by molar-refractivity contribution is 7.09. The average molecular weight is 270 g/mol. The number of hydrogen-bond donors (Lipinski definition) is 0. The molecule has 0 spiro atoms. The molecule has 0 saturated heterocycles. The van der Waals surface area contributed by atoms with Gasteiger partial charge in [-0.25, -0.2) is 4.79 Å². The van der Waals surface area contributed by atoms with E-state index in [0.29, 0.717) is 4.88 Å². The maximum Gasteiger partial charge on any atom is 0.411 e. The number of nitrogens with zero attached hydrogens (tertiary/aromatic N) is 2. The molecule has 6 heteroatoms. The van der Waals surface area contributed by atoms with Crippen LogP contribution in [-0.2, 0) is 15.1 Å². The molecule has 0 N–H and O–H groups in total. The second kappa shape index (κ2) is 5.06. The monoisotopic (exact) mass is 270 g/mol. The van der Waals surface area contributed by atoms with Gasteiger partial charge >= 0.3 is 6.09 Å². The Kier molecular flexibility index (Phi) is 4.11. The summed E-state index contributed by atoms with van der Waals surface area (Å²) in [7, 11) is 1.54. The van der Waals surface area contributed by atoms with E-state index in [2.05, 4.69) is 4.98 Å². The fourth-order valence-electron chi connectivity index (χ4n) is 1.29. The van der Waals surface area contributed by atoms with E-state index in [4.69, 9.17) is 4.74 Å². The van der Waals surface area contributed by atoms with Gasteiger partial charge in [-0.05, 0) is 27.7 Å². The number of ether oxygens (including phenoxy) is 1. The van der Waals surface area contributed by atoms with E-state index in [0.717, 1.165) is 6.29 Å². The third-order valence-corrected chi connectivity index (χ3v) is 3.52. The molecule has 1 aromatic rings. The van der Waals surface area contributed by atoms with Crippen LogP contribution in [0.2, 0.25) is 0 Å². The predicted molar refractivity (Wildman–Crippen MR) is 69.5 cm³/mol. The molecule has 1 amide bonds. The van der Waals surface area contributed by atoms with Crippen LogP contribution in [0.15, 0.2) is 11.7 Å². The number of rotatable bonds is 3. The van der Waals surface area contributed by atoms with Crippen molar-refractivity contribution >= 4 is 23.7 Å². The van der Waals surface area contributed by atoms with Gasteiger partial charge in [0.25, 0.3) is 0 Å². The molecule has 0 aliphatic heterocycles. The summed E-state index contributed by atoms with van der Waals surface area (Å²) in [6.07, 6.45) is 1.77. The summed E-state index contributed by atoms with van der Waals surface area (Å²) in [5.41, 5.74) is -0.0215. The Bertz CT molecular complexity index is 425. The van der Waals surface area contributed by atoms with Crippen LogP contribution in [0.5, 0.6) is 0 Å². The second-order valence-electron chi connectivity index (χ2n) is 5.17. The van der Waals surface area contributed by atoms with E-state index in [1.165, 1.54) is 16.2 Å². The predicted octanol–water partition coefficient (Wildman–Crippen LogP) is 2.42. The van der Waals surface area contributed by atoms with Crippen molar-refractivity contribution in [2.75, 3.05) is 7.05 Å². The lowest BCUT2D eigenvalue weighted by Gasteiger charge is -2.34. The fraction of sp³-hybridized carbons (Fsp3) is 0.583. The van der Waals surface area contributed by atoms with Crippen LogP contribution in [0.1, 0.15) is 32.6 Å². The third-order valence-electron chi connectivity index (χ3n) is 2.52.